The molecule has 0 bridgehead atoms. The van der Waals surface area contributed by atoms with E-state index in [1.165, 1.54) is 117 Å². The zero-order valence-electron chi connectivity index (χ0n) is 42.2. The van der Waals surface area contributed by atoms with Gasteiger partial charge in [0, 0.05) is 57.2 Å². The van der Waals surface area contributed by atoms with Crippen LogP contribution >= 0.6 is 11.3 Å². The molecule has 13 rings (SSSR count). The molecule has 74 heavy (non-hydrogen) atoms. The summed E-state index contributed by atoms with van der Waals surface area (Å²) in [4.78, 5) is 9.00. The van der Waals surface area contributed by atoms with Crippen LogP contribution in [0.2, 0.25) is 0 Å². The predicted octanol–water partition coefficient (Wildman–Crippen LogP) is 19.9. The van der Waals surface area contributed by atoms with Crippen LogP contribution in [0.25, 0.3) is 43.8 Å². The van der Waals surface area contributed by atoms with Crippen LogP contribution in [0.4, 0.5) is 51.2 Å². The Bertz CT molecular complexity index is 3590. The quantitative estimate of drug-likeness (QED) is 0.128. The third kappa shape index (κ3) is 7.39. The first-order valence-electron chi connectivity index (χ1n) is 25.8. The summed E-state index contributed by atoms with van der Waals surface area (Å²) in [6, 6.07) is 84.6. The van der Waals surface area contributed by atoms with E-state index in [0.717, 1.165) is 35.6 Å². The molecule has 3 nitrogen and oxygen atoms in total. The van der Waals surface area contributed by atoms with Crippen LogP contribution in [0.15, 0.2) is 236 Å². The molecule has 0 amide bonds. The highest BCUT2D eigenvalue weighted by atomic mass is 32.1. The molecular weight excluding hydrogens is 915 g/mol. The predicted molar refractivity (Wildman–Crippen MR) is 315 cm³/mol. The lowest BCUT2D eigenvalue weighted by Crippen LogP contribution is -2.22. The number of nitrogens with zero attached hydrogens (tertiary/aromatic N) is 3. The van der Waals surface area contributed by atoms with E-state index in [1.807, 2.05) is 11.3 Å². The van der Waals surface area contributed by atoms with Crippen molar-refractivity contribution in [1.82, 2.24) is 0 Å². The number of fused-ring (bicyclic) bond motifs is 6. The van der Waals surface area contributed by atoms with Gasteiger partial charge in [-0.15, -0.1) is 11.3 Å². The van der Waals surface area contributed by atoms with Gasteiger partial charge in [-0.1, -0.05) is 170 Å². The van der Waals surface area contributed by atoms with Crippen molar-refractivity contribution >= 4 is 62.5 Å². The molecule has 1 aromatic heterocycles. The molecule has 0 saturated carbocycles. The molecule has 10 aromatic carbocycles. The summed E-state index contributed by atoms with van der Waals surface area (Å²) in [5.41, 5.74) is 29.8. The topological polar surface area (TPSA) is 9.72 Å². The van der Waals surface area contributed by atoms with E-state index in [0.29, 0.717) is 0 Å². The van der Waals surface area contributed by atoms with E-state index in [9.17, 15) is 0 Å². The van der Waals surface area contributed by atoms with E-state index < -0.39 is 0 Å². The highest BCUT2D eigenvalue weighted by Crippen LogP contribution is 2.61. The van der Waals surface area contributed by atoms with Gasteiger partial charge in [0.25, 0.3) is 0 Å². The normalized spacial score (nSPS) is 11.9. The van der Waals surface area contributed by atoms with Crippen LogP contribution < -0.4 is 14.7 Å². The van der Waals surface area contributed by atoms with Gasteiger partial charge in [0.1, 0.15) is 0 Å². The molecule has 0 fully saturated rings. The third-order valence-corrected chi connectivity index (χ3v) is 16.5. The number of hydrogen-bond donors (Lipinski definition) is 0. The van der Waals surface area contributed by atoms with Gasteiger partial charge >= 0.3 is 0 Å². The molecule has 0 radical (unpaired) electrons. The second-order valence-corrected chi connectivity index (χ2v) is 20.6. The van der Waals surface area contributed by atoms with Gasteiger partial charge in [0.2, 0.25) is 0 Å². The number of benzene rings is 10. The molecular formula is C70H55N3S. The number of thiophene rings is 1. The number of hydrogen-bond acceptors (Lipinski definition) is 4. The third-order valence-electron chi connectivity index (χ3n) is 15.6. The minimum Gasteiger partial charge on any atom is -0.310 e. The standard InChI is InChI=1S/C70H55N3S/c1-46-48(3)69(71(53-30-12-6-13-31-53)54-32-14-7-15-33-54)64-58-38-22-20-28-51(58)44-60(64)67(46)73(62-41-24-40-57(50-26-10-5-11-27-50)66(62)63-42-25-43-74-63)68-47(2)49(4)70(65-59-39-23-21-29-52(59)45-61(65)68)72(55-34-16-8-17-35-55)56-36-18-9-19-37-56/h5-43H,44-45H2,1-4H3. The maximum Gasteiger partial charge on any atom is 0.0576 e. The molecule has 0 aliphatic heterocycles. The molecule has 4 heteroatoms. The van der Waals surface area contributed by atoms with Crippen molar-refractivity contribution < 1.29 is 0 Å². The van der Waals surface area contributed by atoms with Crippen molar-refractivity contribution in [2.75, 3.05) is 14.7 Å². The lowest BCUT2D eigenvalue weighted by atomic mass is 9.87. The van der Waals surface area contributed by atoms with Crippen molar-refractivity contribution in [1.29, 1.82) is 0 Å². The van der Waals surface area contributed by atoms with Crippen LogP contribution in [0.3, 0.4) is 0 Å². The zero-order valence-corrected chi connectivity index (χ0v) is 43.0. The van der Waals surface area contributed by atoms with Crippen molar-refractivity contribution in [2.45, 2.75) is 40.5 Å². The first-order valence-corrected chi connectivity index (χ1v) is 26.7. The second-order valence-electron chi connectivity index (χ2n) is 19.7. The fraction of sp³-hybridized carbons (Fsp3) is 0.0857. The molecule has 0 spiro atoms. The smallest absolute Gasteiger partial charge is 0.0576 e. The summed E-state index contributed by atoms with van der Waals surface area (Å²) in [6.07, 6.45) is 1.59. The monoisotopic (exact) mass is 969 g/mol. The fourth-order valence-electron chi connectivity index (χ4n) is 12.1. The largest absolute Gasteiger partial charge is 0.310 e. The van der Waals surface area contributed by atoms with Crippen LogP contribution in [0.1, 0.15) is 44.5 Å². The Morgan fingerprint density at radius 1 is 0.311 bits per heavy atom. The van der Waals surface area contributed by atoms with Crippen LogP contribution in [-0.2, 0) is 12.8 Å². The van der Waals surface area contributed by atoms with Gasteiger partial charge in [0.05, 0.1) is 28.4 Å². The highest BCUT2D eigenvalue weighted by molar-refractivity contribution is 7.13. The highest BCUT2D eigenvalue weighted by Gasteiger charge is 2.39. The molecule has 1 heterocycles. The number of anilines is 9. The summed E-state index contributed by atoms with van der Waals surface area (Å²) in [5, 5.41) is 2.23. The van der Waals surface area contributed by atoms with Crippen molar-refractivity contribution in [3.63, 3.8) is 0 Å². The van der Waals surface area contributed by atoms with Crippen LogP contribution in [0.5, 0.6) is 0 Å². The minimum absolute atomic E-state index is 0.796. The summed E-state index contributed by atoms with van der Waals surface area (Å²) < 4.78 is 0. The molecule has 2 aliphatic carbocycles. The van der Waals surface area contributed by atoms with E-state index in [2.05, 4.69) is 278 Å². The molecule has 0 unspecified atom stereocenters. The fourth-order valence-corrected chi connectivity index (χ4v) is 12.9. The van der Waals surface area contributed by atoms with Crippen LogP contribution in [0, 0.1) is 27.7 Å². The summed E-state index contributed by atoms with van der Waals surface area (Å²) in [6.45, 7) is 9.52. The molecule has 0 N–H and O–H groups in total. The lowest BCUT2D eigenvalue weighted by molar-refractivity contribution is 1.11. The molecule has 0 atom stereocenters. The zero-order chi connectivity index (χ0) is 49.9. The summed E-state index contributed by atoms with van der Waals surface area (Å²) in [7, 11) is 0. The lowest BCUT2D eigenvalue weighted by Gasteiger charge is -2.39. The van der Waals surface area contributed by atoms with E-state index >= 15 is 0 Å². The van der Waals surface area contributed by atoms with Crippen molar-refractivity contribution in [3.05, 3.63) is 280 Å². The van der Waals surface area contributed by atoms with Gasteiger partial charge in [-0.05, 0) is 161 Å². The first kappa shape index (κ1) is 45.2. The van der Waals surface area contributed by atoms with E-state index in [1.54, 1.807) is 0 Å². The van der Waals surface area contributed by atoms with Crippen molar-refractivity contribution in [3.8, 4) is 43.8 Å². The van der Waals surface area contributed by atoms with Gasteiger partial charge in [-0.25, -0.2) is 0 Å². The Labute approximate surface area is 439 Å². The van der Waals surface area contributed by atoms with E-state index in [4.69, 9.17) is 0 Å². The minimum atomic E-state index is 0.796. The number of para-hydroxylation sites is 4. The molecule has 356 valence electrons. The number of rotatable bonds is 11. The Hall–Kier alpha value is -8.70. The Balaban J connectivity index is 1.19. The molecule has 11 aromatic rings. The maximum atomic E-state index is 2.75. The average Bonchev–Trinajstić information content (AvgIpc) is 4.31. The van der Waals surface area contributed by atoms with Crippen molar-refractivity contribution in [2.24, 2.45) is 0 Å². The van der Waals surface area contributed by atoms with Crippen LogP contribution in [-0.4, -0.2) is 0 Å². The Morgan fingerprint density at radius 2 is 0.689 bits per heavy atom. The maximum absolute atomic E-state index is 2.75. The Kier molecular flexibility index (Phi) is 11.4. The van der Waals surface area contributed by atoms with Gasteiger partial charge in [-0.2, -0.15) is 0 Å². The first-order chi connectivity index (χ1) is 36.5. The SMILES string of the molecule is Cc1c(C)c(N(c2ccccc2)c2ccccc2)c2c(c1N(c1cccc(-c3ccccc3)c1-c1cccs1)c1c(C)c(C)c(N(c3ccccc3)c3ccccc3)c3c1Cc1ccccc1-3)Cc1ccccc1-2. The summed E-state index contributed by atoms with van der Waals surface area (Å²) >= 11 is 1.82. The molecule has 0 saturated heterocycles. The molecule has 2 aliphatic rings. The summed E-state index contributed by atoms with van der Waals surface area (Å²) in [5.74, 6) is 0. The van der Waals surface area contributed by atoms with E-state index in [-0.39, 0.29) is 0 Å². The Morgan fingerprint density at radius 3 is 1.11 bits per heavy atom. The second kappa shape index (κ2) is 18.7. The van der Waals surface area contributed by atoms with Gasteiger partial charge in [-0.3, -0.25) is 0 Å². The van der Waals surface area contributed by atoms with Gasteiger partial charge < -0.3 is 14.7 Å². The average molecular weight is 970 g/mol. The van der Waals surface area contributed by atoms with Gasteiger partial charge in [0.15, 0.2) is 0 Å².